The fourth-order valence-corrected chi connectivity index (χ4v) is 2.79. The Kier molecular flexibility index (Phi) is 6.34. The maximum atomic E-state index is 14.5. The zero-order chi connectivity index (χ0) is 27.1. The van der Waals surface area contributed by atoms with Gasteiger partial charge in [-0.1, -0.05) is 0 Å². The molecule has 2 atom stereocenters. The first-order chi connectivity index (χ1) is 14.0. The summed E-state index contributed by atoms with van der Waals surface area (Å²) in [5, 5.41) is 0. The first kappa shape index (κ1) is 29.6. The van der Waals surface area contributed by atoms with Gasteiger partial charge in [-0.3, -0.25) is 4.74 Å². The van der Waals surface area contributed by atoms with Crippen molar-refractivity contribution in [3.63, 3.8) is 0 Å². The number of rotatable bonds is 4. The van der Waals surface area contributed by atoms with Crippen LogP contribution in [0.2, 0.25) is 0 Å². The van der Waals surface area contributed by atoms with Crippen LogP contribution in [0.1, 0.15) is 6.92 Å². The van der Waals surface area contributed by atoms with E-state index in [2.05, 4.69) is 4.74 Å². The minimum Gasteiger partial charge on any atom is -0.342 e. The second-order valence-electron chi connectivity index (χ2n) is 6.20. The Morgan fingerprint density at radius 3 is 1.09 bits per heavy atom. The number of hydrogen-bond donors (Lipinski definition) is 0. The number of hydrogen-bond acceptors (Lipinski definition) is 2. The first-order valence-electron chi connectivity index (χ1n) is 7.45. The molecule has 0 N–H and O–H groups in total. The highest BCUT2D eigenvalue weighted by Gasteiger charge is 3.06. The molecule has 0 radical (unpaired) electrons. The van der Waals surface area contributed by atoms with Gasteiger partial charge in [0.25, 0.3) is 5.79 Å². The molecule has 0 aromatic carbocycles. The minimum absolute atomic E-state index is 0.0129. The average molecular weight is 542 g/mol. The van der Waals surface area contributed by atoms with E-state index in [1.54, 1.807) is 0 Å². The summed E-state index contributed by atoms with van der Waals surface area (Å²) < 4.78 is 258. The van der Waals surface area contributed by atoms with Gasteiger partial charge in [-0.05, 0) is 6.92 Å². The van der Waals surface area contributed by atoms with Crippen molar-refractivity contribution < 1.29 is 92.9 Å². The summed E-state index contributed by atoms with van der Waals surface area (Å²) in [7, 11) is 0. The molecule has 0 amide bonds. The summed E-state index contributed by atoms with van der Waals surface area (Å²) in [6.07, 6.45) is -32.3. The summed E-state index contributed by atoms with van der Waals surface area (Å²) in [6.45, 7) is -2.29. The van der Waals surface area contributed by atoms with Gasteiger partial charge in [0.15, 0.2) is 0 Å². The molecule has 1 heterocycles. The highest BCUT2D eigenvalue weighted by Crippen LogP contribution is 2.73. The summed E-state index contributed by atoms with van der Waals surface area (Å²) >= 11 is 0. The van der Waals surface area contributed by atoms with Gasteiger partial charge in [-0.25, -0.2) is 13.2 Å². The van der Waals surface area contributed by atoms with Crippen LogP contribution in [0.3, 0.4) is 0 Å². The van der Waals surface area contributed by atoms with E-state index in [0.29, 0.717) is 0 Å². The molecule has 1 rings (SSSR count). The van der Waals surface area contributed by atoms with Gasteiger partial charge in [0, 0.05) is 6.61 Å². The van der Waals surface area contributed by atoms with Crippen LogP contribution in [0.4, 0.5) is 83.4 Å². The Balaban J connectivity index is 4.34. The van der Waals surface area contributed by atoms with E-state index in [9.17, 15) is 83.4 Å². The van der Waals surface area contributed by atoms with E-state index >= 15 is 0 Å². The van der Waals surface area contributed by atoms with Gasteiger partial charge >= 0.3 is 53.7 Å². The predicted octanol–water partition coefficient (Wildman–Crippen LogP) is 6.35. The maximum Gasteiger partial charge on any atom is 0.437 e. The lowest BCUT2D eigenvalue weighted by Gasteiger charge is -2.45. The monoisotopic (exact) mass is 542 g/mol. The summed E-state index contributed by atoms with van der Waals surface area (Å²) in [4.78, 5) is 0. The van der Waals surface area contributed by atoms with E-state index in [4.69, 9.17) is 0 Å². The lowest BCUT2D eigenvalue weighted by molar-refractivity contribution is -0.492. The van der Waals surface area contributed by atoms with E-state index < -0.39 is 66.1 Å². The summed E-state index contributed by atoms with van der Waals surface area (Å²) in [6, 6.07) is 0. The molecule has 1 aliphatic rings. The van der Waals surface area contributed by atoms with Crippen LogP contribution in [0, 0.1) is 0 Å². The maximum absolute atomic E-state index is 14.5. The molecule has 198 valence electrons. The topological polar surface area (TPSA) is 18.5 Å². The van der Waals surface area contributed by atoms with Crippen LogP contribution in [0.5, 0.6) is 0 Å². The standard InChI is InChI=1S/C12H5F19O2/c1-2-32-8(4(14,11(26,27)28)12(29,30)31)6(17,18)5(15,16)7(19,33-8)3(13,9(20,21)22)10(23,24)25/h2H2,1H3. The van der Waals surface area contributed by atoms with Gasteiger partial charge < -0.3 is 4.74 Å². The Morgan fingerprint density at radius 1 is 0.545 bits per heavy atom. The molecular weight excluding hydrogens is 537 g/mol. The Morgan fingerprint density at radius 2 is 0.848 bits per heavy atom. The Labute approximate surface area is 167 Å². The Hall–Kier alpha value is -1.41. The normalized spacial score (nSPS) is 29.5. The molecule has 0 spiro atoms. The van der Waals surface area contributed by atoms with Gasteiger partial charge in [0.2, 0.25) is 0 Å². The molecule has 0 bridgehead atoms. The lowest BCUT2D eigenvalue weighted by atomic mass is 9.83. The molecule has 0 aliphatic carbocycles. The van der Waals surface area contributed by atoms with Gasteiger partial charge in [0.05, 0.1) is 0 Å². The average Bonchev–Trinajstić information content (AvgIpc) is 2.66. The molecule has 0 aromatic rings. The van der Waals surface area contributed by atoms with Crippen molar-refractivity contribution in [2.75, 3.05) is 6.61 Å². The molecule has 0 saturated carbocycles. The van der Waals surface area contributed by atoms with Crippen LogP contribution in [0.15, 0.2) is 0 Å². The van der Waals surface area contributed by atoms with Crippen molar-refractivity contribution in [3.05, 3.63) is 0 Å². The van der Waals surface area contributed by atoms with Crippen LogP contribution in [-0.4, -0.2) is 66.1 Å². The highest BCUT2D eigenvalue weighted by molar-refractivity contribution is 5.28. The smallest absolute Gasteiger partial charge is 0.342 e. The van der Waals surface area contributed by atoms with Crippen molar-refractivity contribution in [1.29, 1.82) is 0 Å². The molecule has 1 aliphatic heterocycles. The van der Waals surface area contributed by atoms with Crippen LogP contribution in [0.25, 0.3) is 0 Å². The van der Waals surface area contributed by atoms with E-state index in [1.165, 1.54) is 0 Å². The van der Waals surface area contributed by atoms with E-state index in [-0.39, 0.29) is 6.92 Å². The van der Waals surface area contributed by atoms with Crippen LogP contribution < -0.4 is 0 Å². The first-order valence-corrected chi connectivity index (χ1v) is 7.45. The molecular formula is C12H5F19O2. The zero-order valence-electron chi connectivity index (χ0n) is 14.7. The second-order valence-corrected chi connectivity index (χ2v) is 6.20. The minimum atomic E-state index is -8.45. The third kappa shape index (κ3) is 3.12. The second kappa shape index (κ2) is 7.06. The SMILES string of the molecule is CCOC1(C(F)(C(F)(F)F)C(F)(F)F)OC(F)(C(F)(C(F)(F)F)C(F)(F)F)C(F)(F)C1(F)F. The fourth-order valence-electron chi connectivity index (χ4n) is 2.79. The molecule has 1 fully saturated rings. The number of ether oxygens (including phenoxy) is 2. The highest BCUT2D eigenvalue weighted by atomic mass is 19.4. The van der Waals surface area contributed by atoms with Gasteiger partial charge in [0.1, 0.15) is 0 Å². The third-order valence-corrected chi connectivity index (χ3v) is 4.30. The lowest BCUT2D eigenvalue weighted by Crippen LogP contribution is -2.75. The zero-order valence-corrected chi connectivity index (χ0v) is 14.7. The largest absolute Gasteiger partial charge is 0.437 e. The predicted molar refractivity (Wildman–Crippen MR) is 61.1 cm³/mol. The molecule has 2 unspecified atom stereocenters. The molecule has 33 heavy (non-hydrogen) atoms. The third-order valence-electron chi connectivity index (χ3n) is 4.30. The van der Waals surface area contributed by atoms with Crippen molar-refractivity contribution in [1.82, 2.24) is 0 Å². The van der Waals surface area contributed by atoms with E-state index in [0.717, 1.165) is 0 Å². The van der Waals surface area contributed by atoms with E-state index in [1.807, 2.05) is 4.74 Å². The molecule has 1 saturated heterocycles. The van der Waals surface area contributed by atoms with Crippen LogP contribution >= 0.6 is 0 Å². The van der Waals surface area contributed by atoms with Gasteiger partial charge in [-0.15, -0.1) is 0 Å². The van der Waals surface area contributed by atoms with Crippen molar-refractivity contribution in [3.8, 4) is 0 Å². The van der Waals surface area contributed by atoms with Gasteiger partial charge in [-0.2, -0.15) is 70.2 Å². The van der Waals surface area contributed by atoms with Crippen molar-refractivity contribution >= 4 is 0 Å². The molecule has 2 nitrogen and oxygen atoms in total. The number of halogens is 19. The van der Waals surface area contributed by atoms with Crippen molar-refractivity contribution in [2.45, 2.75) is 66.5 Å². The van der Waals surface area contributed by atoms with Crippen molar-refractivity contribution in [2.24, 2.45) is 0 Å². The summed E-state index contributed by atoms with van der Waals surface area (Å²) in [5.74, 6) is -31.8. The fraction of sp³-hybridized carbons (Fsp3) is 1.00. The molecule has 21 heteroatoms. The quantitative estimate of drug-likeness (QED) is 0.386. The Bertz CT molecular complexity index is 716. The van der Waals surface area contributed by atoms with Crippen LogP contribution in [-0.2, 0) is 9.47 Å². The molecule has 0 aromatic heterocycles. The number of alkyl halides is 19. The summed E-state index contributed by atoms with van der Waals surface area (Å²) in [5.41, 5.74) is -16.6.